The molecule has 0 heterocycles. The van der Waals surface area contributed by atoms with E-state index in [0.717, 1.165) is 5.56 Å². The predicted molar refractivity (Wildman–Crippen MR) is 68.1 cm³/mol. The van der Waals surface area contributed by atoms with E-state index in [9.17, 15) is 13.6 Å². The average Bonchev–Trinajstić information content (AvgIpc) is 2.27. The first-order valence-corrected chi connectivity index (χ1v) is 6.77. The van der Waals surface area contributed by atoms with Crippen molar-refractivity contribution >= 4 is 37.6 Å². The minimum Gasteiger partial charge on any atom is -0.435 e. The average molecular weight is 372 g/mol. The van der Waals surface area contributed by atoms with Gasteiger partial charge in [-0.1, -0.05) is 37.9 Å². The van der Waals surface area contributed by atoms with Crippen LogP contribution in [0, 0.1) is 0 Å². The highest BCUT2D eigenvalue weighted by atomic mass is 79.9. The van der Waals surface area contributed by atoms with Crippen LogP contribution in [0.15, 0.2) is 18.2 Å². The largest absolute Gasteiger partial charge is 0.435 e. The van der Waals surface area contributed by atoms with E-state index in [4.69, 9.17) is 0 Å². The van der Waals surface area contributed by atoms with E-state index in [1.165, 1.54) is 19.1 Å². The summed E-state index contributed by atoms with van der Waals surface area (Å²) in [4.78, 5) is 10.8. The first kappa shape index (κ1) is 14.6. The van der Waals surface area contributed by atoms with Gasteiger partial charge < -0.3 is 4.74 Å². The summed E-state index contributed by atoms with van der Waals surface area (Å²) in [5, 5.41) is 0.534. The number of halogens is 4. The van der Waals surface area contributed by atoms with Crippen LogP contribution in [0.2, 0.25) is 0 Å². The molecule has 0 aliphatic heterocycles. The molecule has 0 fully saturated rings. The maximum absolute atomic E-state index is 12.1. The Morgan fingerprint density at radius 2 is 2.12 bits per heavy atom. The summed E-state index contributed by atoms with van der Waals surface area (Å²) in [7, 11) is 0. The second-order valence-corrected chi connectivity index (χ2v) is 4.82. The van der Waals surface area contributed by atoms with Crippen LogP contribution in [-0.2, 0) is 10.1 Å². The Balaban J connectivity index is 3.10. The molecule has 2 nitrogen and oxygen atoms in total. The zero-order chi connectivity index (χ0) is 13.0. The second kappa shape index (κ2) is 6.44. The van der Waals surface area contributed by atoms with E-state index in [2.05, 4.69) is 36.6 Å². The van der Waals surface area contributed by atoms with E-state index in [0.29, 0.717) is 10.9 Å². The molecule has 0 saturated heterocycles. The van der Waals surface area contributed by atoms with E-state index in [-0.39, 0.29) is 11.5 Å². The van der Waals surface area contributed by atoms with Crippen LogP contribution in [0.1, 0.15) is 22.9 Å². The molecule has 0 N–H and O–H groups in total. The van der Waals surface area contributed by atoms with Crippen molar-refractivity contribution in [2.24, 2.45) is 0 Å². The van der Waals surface area contributed by atoms with Crippen LogP contribution >= 0.6 is 31.9 Å². The Hall–Kier alpha value is -0.490. The number of ketones is 1. The third-order valence-electron chi connectivity index (χ3n) is 2.12. The Morgan fingerprint density at radius 1 is 1.47 bits per heavy atom. The van der Waals surface area contributed by atoms with Crippen molar-refractivity contribution in [2.45, 2.75) is 23.7 Å². The van der Waals surface area contributed by atoms with Crippen molar-refractivity contribution in [3.8, 4) is 5.75 Å². The van der Waals surface area contributed by atoms with Crippen LogP contribution < -0.4 is 4.74 Å². The molecule has 17 heavy (non-hydrogen) atoms. The Labute approximate surface area is 115 Å². The molecule has 1 rings (SSSR count). The van der Waals surface area contributed by atoms with Gasteiger partial charge in [-0.25, -0.2) is 0 Å². The number of Topliss-reactive ketones (excluding diaryl/α,β-unsaturated/α-hetero) is 1. The van der Waals surface area contributed by atoms with Crippen LogP contribution in [0.4, 0.5) is 8.78 Å². The monoisotopic (exact) mass is 370 g/mol. The topological polar surface area (TPSA) is 26.3 Å². The molecule has 1 atom stereocenters. The maximum atomic E-state index is 12.1. The highest BCUT2D eigenvalue weighted by Crippen LogP contribution is 2.31. The molecular weight excluding hydrogens is 362 g/mol. The molecule has 1 aromatic rings. The van der Waals surface area contributed by atoms with Gasteiger partial charge in [0.1, 0.15) is 11.5 Å². The van der Waals surface area contributed by atoms with Crippen molar-refractivity contribution in [2.75, 3.05) is 0 Å². The van der Waals surface area contributed by atoms with E-state index < -0.39 is 11.4 Å². The number of benzene rings is 1. The molecule has 0 saturated carbocycles. The van der Waals surface area contributed by atoms with Crippen molar-refractivity contribution in [1.82, 2.24) is 0 Å². The predicted octanol–water partition coefficient (Wildman–Crippen LogP) is 4.21. The van der Waals surface area contributed by atoms with Gasteiger partial charge in [-0.15, -0.1) is 0 Å². The highest BCUT2D eigenvalue weighted by molar-refractivity contribution is 9.09. The summed E-state index contributed by atoms with van der Waals surface area (Å²) in [6, 6.07) is 4.55. The minimum atomic E-state index is -2.87. The Kier molecular flexibility index (Phi) is 5.52. The Morgan fingerprint density at radius 3 is 2.59 bits per heavy atom. The first-order chi connectivity index (χ1) is 7.95. The number of ether oxygens (including phenoxy) is 1. The lowest BCUT2D eigenvalue weighted by atomic mass is 10.0. The van der Waals surface area contributed by atoms with Crippen LogP contribution in [0.25, 0.3) is 0 Å². The van der Waals surface area contributed by atoms with Crippen molar-refractivity contribution in [1.29, 1.82) is 0 Å². The summed E-state index contributed by atoms with van der Waals surface area (Å²) in [6.07, 6.45) is 0. The minimum absolute atomic E-state index is 0.0467. The van der Waals surface area contributed by atoms with Crippen LogP contribution in [-0.4, -0.2) is 12.4 Å². The fourth-order valence-corrected chi connectivity index (χ4v) is 2.26. The lowest BCUT2D eigenvalue weighted by molar-refractivity contribution is -0.116. The van der Waals surface area contributed by atoms with Gasteiger partial charge in [-0.05, 0) is 30.2 Å². The maximum Gasteiger partial charge on any atom is 0.387 e. The number of alkyl halides is 4. The van der Waals surface area contributed by atoms with Gasteiger partial charge >= 0.3 is 6.61 Å². The molecule has 0 aliphatic carbocycles. The van der Waals surface area contributed by atoms with Gasteiger partial charge in [-0.3, -0.25) is 4.79 Å². The van der Waals surface area contributed by atoms with Gasteiger partial charge in [-0.2, -0.15) is 8.78 Å². The number of hydrogen-bond donors (Lipinski definition) is 0. The highest BCUT2D eigenvalue weighted by Gasteiger charge is 2.18. The molecule has 0 bridgehead atoms. The zero-order valence-electron chi connectivity index (χ0n) is 8.92. The summed E-state index contributed by atoms with van der Waals surface area (Å²) in [5.41, 5.74) is 1.48. The Bertz CT molecular complexity index is 410. The third-order valence-corrected chi connectivity index (χ3v) is 3.86. The fraction of sp³-hybridized carbons (Fsp3) is 0.364. The zero-order valence-corrected chi connectivity index (χ0v) is 12.1. The van der Waals surface area contributed by atoms with E-state index >= 15 is 0 Å². The molecular formula is C11H10Br2F2O2. The molecule has 1 aromatic carbocycles. The van der Waals surface area contributed by atoms with Crippen molar-refractivity contribution in [3.05, 3.63) is 29.3 Å². The van der Waals surface area contributed by atoms with Crippen molar-refractivity contribution in [3.63, 3.8) is 0 Å². The van der Waals surface area contributed by atoms with Crippen LogP contribution in [0.5, 0.6) is 5.75 Å². The number of hydrogen-bond acceptors (Lipinski definition) is 2. The first-order valence-electron chi connectivity index (χ1n) is 4.73. The van der Waals surface area contributed by atoms with Crippen LogP contribution in [0.3, 0.4) is 0 Å². The molecule has 0 radical (unpaired) electrons. The SMILES string of the molecule is CC(=O)C(Br)c1cc(OC(F)F)ccc1CBr. The normalized spacial score (nSPS) is 12.6. The second-order valence-electron chi connectivity index (χ2n) is 3.35. The van der Waals surface area contributed by atoms with E-state index in [1.54, 1.807) is 6.07 Å². The van der Waals surface area contributed by atoms with Crippen molar-refractivity contribution < 1.29 is 18.3 Å². The molecule has 0 aromatic heterocycles. The van der Waals surface area contributed by atoms with Gasteiger partial charge in [0.2, 0.25) is 0 Å². The van der Waals surface area contributed by atoms with Gasteiger partial charge in [0.05, 0.1) is 4.83 Å². The lowest BCUT2D eigenvalue weighted by Crippen LogP contribution is -2.07. The molecule has 0 aliphatic rings. The summed E-state index contributed by atoms with van der Waals surface area (Å²) < 4.78 is 28.5. The molecule has 94 valence electrons. The van der Waals surface area contributed by atoms with E-state index in [1.807, 2.05) is 0 Å². The number of carbonyl (C=O) groups excluding carboxylic acids is 1. The summed E-state index contributed by atoms with van der Waals surface area (Å²) >= 11 is 6.51. The van der Waals surface area contributed by atoms with Gasteiger partial charge in [0, 0.05) is 5.33 Å². The van der Waals surface area contributed by atoms with Gasteiger partial charge in [0.25, 0.3) is 0 Å². The summed E-state index contributed by atoms with van der Waals surface area (Å²) in [5.74, 6) is -0.0493. The lowest BCUT2D eigenvalue weighted by Gasteiger charge is -2.13. The van der Waals surface area contributed by atoms with Gasteiger partial charge in [0.15, 0.2) is 0 Å². The molecule has 6 heteroatoms. The third kappa shape index (κ3) is 4.03. The summed E-state index contributed by atoms with van der Waals surface area (Å²) in [6.45, 7) is -1.44. The smallest absolute Gasteiger partial charge is 0.387 e. The quantitative estimate of drug-likeness (QED) is 0.725. The number of carbonyl (C=O) groups is 1. The molecule has 0 spiro atoms. The standard InChI is InChI=1S/C11H10Br2F2O2/c1-6(16)10(13)9-4-8(17-11(14)15)3-2-7(9)5-12/h2-4,10-11H,5H2,1H3. The number of rotatable bonds is 5. The fourth-order valence-electron chi connectivity index (χ4n) is 1.33. The molecule has 1 unspecified atom stereocenters. The molecule has 0 amide bonds.